The number of hydrogen-bond donors (Lipinski definition) is 1. The molecule has 0 unspecified atom stereocenters. The second-order valence-corrected chi connectivity index (χ2v) is 3.37. The van der Waals surface area contributed by atoms with E-state index in [1.54, 1.807) is 30.5 Å². The predicted octanol–water partition coefficient (Wildman–Crippen LogP) is 2.26. The van der Waals surface area contributed by atoms with Crippen LogP contribution in [0.2, 0.25) is 0 Å². The Bertz CT molecular complexity index is 536. The Labute approximate surface area is 98.3 Å². The molecule has 0 aliphatic rings. The van der Waals surface area contributed by atoms with Crippen molar-refractivity contribution >= 4 is 11.5 Å². The molecular formula is C13H10N2O2. The van der Waals surface area contributed by atoms with Crippen molar-refractivity contribution in [3.05, 3.63) is 66.3 Å². The number of carbonyl (C=O) groups excluding carboxylic acids is 1. The number of aliphatic hydroxyl groups excluding tert-OH is 1. The molecule has 4 nitrogen and oxygen atoms in total. The van der Waals surface area contributed by atoms with E-state index in [2.05, 4.69) is 9.97 Å². The Kier molecular flexibility index (Phi) is 3.25. The summed E-state index contributed by atoms with van der Waals surface area (Å²) < 4.78 is 0. The van der Waals surface area contributed by atoms with Crippen LogP contribution in [0.15, 0.2) is 55.1 Å². The monoisotopic (exact) mass is 226 g/mol. The zero-order valence-corrected chi connectivity index (χ0v) is 8.95. The van der Waals surface area contributed by atoms with Crippen molar-refractivity contribution in [2.75, 3.05) is 0 Å². The maximum Gasteiger partial charge on any atom is 0.189 e. The second kappa shape index (κ2) is 5.03. The molecule has 0 aliphatic carbocycles. The topological polar surface area (TPSA) is 63.1 Å². The van der Waals surface area contributed by atoms with Crippen molar-refractivity contribution < 1.29 is 9.90 Å². The summed E-state index contributed by atoms with van der Waals surface area (Å²) >= 11 is 0. The quantitative estimate of drug-likeness (QED) is 0.495. The van der Waals surface area contributed by atoms with Gasteiger partial charge in [-0.05, 0) is 24.3 Å². The zero-order chi connectivity index (χ0) is 12.1. The highest BCUT2D eigenvalue weighted by Gasteiger charge is 2.05. The fourth-order valence-electron chi connectivity index (χ4n) is 1.32. The van der Waals surface area contributed by atoms with E-state index in [1.165, 1.54) is 24.7 Å². The van der Waals surface area contributed by atoms with Crippen molar-refractivity contribution in [2.24, 2.45) is 0 Å². The Morgan fingerprint density at radius 1 is 1.06 bits per heavy atom. The van der Waals surface area contributed by atoms with E-state index in [4.69, 9.17) is 0 Å². The molecule has 0 amide bonds. The maximum absolute atomic E-state index is 11.7. The average molecular weight is 226 g/mol. The second-order valence-electron chi connectivity index (χ2n) is 3.37. The van der Waals surface area contributed by atoms with Crippen LogP contribution in [0.25, 0.3) is 5.76 Å². The van der Waals surface area contributed by atoms with Gasteiger partial charge in [0.15, 0.2) is 5.78 Å². The van der Waals surface area contributed by atoms with Gasteiger partial charge < -0.3 is 5.11 Å². The van der Waals surface area contributed by atoms with Crippen molar-refractivity contribution in [3.8, 4) is 0 Å². The molecule has 0 radical (unpaired) electrons. The molecule has 4 heteroatoms. The SMILES string of the molecule is O=C(/C=C(\O)c1cccnc1)c1ccncc1. The Morgan fingerprint density at radius 3 is 2.47 bits per heavy atom. The van der Waals surface area contributed by atoms with Crippen LogP contribution in [0, 0.1) is 0 Å². The number of carbonyl (C=O) groups is 1. The molecule has 2 rings (SSSR count). The molecule has 84 valence electrons. The van der Waals surface area contributed by atoms with Crippen LogP contribution < -0.4 is 0 Å². The van der Waals surface area contributed by atoms with Crippen LogP contribution in [-0.2, 0) is 0 Å². The van der Waals surface area contributed by atoms with Gasteiger partial charge in [-0.2, -0.15) is 0 Å². The third-order valence-corrected chi connectivity index (χ3v) is 2.19. The minimum absolute atomic E-state index is 0.0973. The summed E-state index contributed by atoms with van der Waals surface area (Å²) in [7, 11) is 0. The number of allylic oxidation sites excluding steroid dienone is 1. The van der Waals surface area contributed by atoms with Gasteiger partial charge in [0.05, 0.1) is 0 Å². The normalized spacial score (nSPS) is 11.2. The Hall–Kier alpha value is -2.49. The molecule has 0 bridgehead atoms. The van der Waals surface area contributed by atoms with Gasteiger partial charge in [-0.15, -0.1) is 0 Å². The van der Waals surface area contributed by atoms with Crippen LogP contribution in [0.4, 0.5) is 0 Å². The molecule has 0 spiro atoms. The summed E-state index contributed by atoms with van der Waals surface area (Å²) in [5, 5.41) is 9.74. The minimum atomic E-state index is -0.270. The fraction of sp³-hybridized carbons (Fsp3) is 0. The van der Waals surface area contributed by atoms with E-state index in [-0.39, 0.29) is 11.5 Å². The number of pyridine rings is 2. The number of hydrogen-bond acceptors (Lipinski definition) is 4. The highest BCUT2D eigenvalue weighted by atomic mass is 16.3. The number of rotatable bonds is 3. The first-order valence-electron chi connectivity index (χ1n) is 5.03. The zero-order valence-electron chi connectivity index (χ0n) is 8.95. The molecular weight excluding hydrogens is 216 g/mol. The maximum atomic E-state index is 11.7. The summed E-state index contributed by atoms with van der Waals surface area (Å²) in [6.07, 6.45) is 7.32. The molecule has 2 aromatic heterocycles. The largest absolute Gasteiger partial charge is 0.507 e. The third kappa shape index (κ3) is 2.75. The highest BCUT2D eigenvalue weighted by molar-refractivity contribution is 6.07. The van der Waals surface area contributed by atoms with Crippen LogP contribution in [0.3, 0.4) is 0 Å². The van der Waals surface area contributed by atoms with Gasteiger partial charge in [-0.1, -0.05) is 0 Å². The van der Waals surface area contributed by atoms with Crippen LogP contribution >= 0.6 is 0 Å². The standard InChI is InChI=1S/C13H10N2O2/c16-12(10-3-6-14-7-4-10)8-13(17)11-2-1-5-15-9-11/h1-9,17H/b13-8-. The Balaban J connectivity index is 2.24. The van der Waals surface area contributed by atoms with Crippen LogP contribution in [-0.4, -0.2) is 20.9 Å². The van der Waals surface area contributed by atoms with Gasteiger partial charge in [0.1, 0.15) is 5.76 Å². The third-order valence-electron chi connectivity index (χ3n) is 2.19. The van der Waals surface area contributed by atoms with E-state index in [9.17, 15) is 9.90 Å². The van der Waals surface area contributed by atoms with Crippen molar-refractivity contribution in [2.45, 2.75) is 0 Å². The van der Waals surface area contributed by atoms with Crippen molar-refractivity contribution in [1.29, 1.82) is 0 Å². The summed E-state index contributed by atoms with van der Waals surface area (Å²) in [6.45, 7) is 0. The molecule has 2 heterocycles. The van der Waals surface area contributed by atoms with E-state index in [1.807, 2.05) is 0 Å². The molecule has 0 atom stereocenters. The lowest BCUT2D eigenvalue weighted by atomic mass is 10.1. The van der Waals surface area contributed by atoms with E-state index < -0.39 is 0 Å². The Morgan fingerprint density at radius 2 is 1.82 bits per heavy atom. The first-order chi connectivity index (χ1) is 8.27. The number of aromatic nitrogens is 2. The summed E-state index contributed by atoms with van der Waals surface area (Å²) in [5.74, 6) is -0.367. The smallest absolute Gasteiger partial charge is 0.189 e. The molecule has 1 N–H and O–H groups in total. The summed E-state index contributed by atoms with van der Waals surface area (Å²) in [5.41, 5.74) is 0.991. The summed E-state index contributed by atoms with van der Waals surface area (Å²) in [4.78, 5) is 19.4. The number of ketones is 1. The van der Waals surface area contributed by atoms with Crippen LogP contribution in [0.1, 0.15) is 15.9 Å². The number of aliphatic hydroxyl groups is 1. The van der Waals surface area contributed by atoms with E-state index >= 15 is 0 Å². The van der Waals surface area contributed by atoms with Gasteiger partial charge in [0.25, 0.3) is 0 Å². The number of nitrogens with zero attached hydrogens (tertiary/aromatic N) is 2. The van der Waals surface area contributed by atoms with Gasteiger partial charge in [0, 0.05) is 42.0 Å². The lowest BCUT2D eigenvalue weighted by Gasteiger charge is -1.99. The molecule has 0 fully saturated rings. The van der Waals surface area contributed by atoms with Crippen molar-refractivity contribution in [1.82, 2.24) is 9.97 Å². The van der Waals surface area contributed by atoms with Crippen molar-refractivity contribution in [3.63, 3.8) is 0 Å². The summed E-state index contributed by atoms with van der Waals surface area (Å²) in [6, 6.07) is 6.56. The first-order valence-corrected chi connectivity index (χ1v) is 5.03. The van der Waals surface area contributed by atoms with Crippen LogP contribution in [0.5, 0.6) is 0 Å². The lowest BCUT2D eigenvalue weighted by molar-refractivity contribution is 0.104. The lowest BCUT2D eigenvalue weighted by Crippen LogP contribution is -1.96. The highest BCUT2D eigenvalue weighted by Crippen LogP contribution is 2.10. The molecule has 2 aromatic rings. The average Bonchev–Trinajstić information content (AvgIpc) is 2.40. The molecule has 0 aliphatic heterocycles. The predicted molar refractivity (Wildman–Crippen MR) is 63.4 cm³/mol. The molecule has 0 saturated heterocycles. The van der Waals surface area contributed by atoms with Gasteiger partial charge in [-0.25, -0.2) is 0 Å². The minimum Gasteiger partial charge on any atom is -0.507 e. The van der Waals surface area contributed by atoms with Gasteiger partial charge in [0.2, 0.25) is 0 Å². The first kappa shape index (κ1) is 11.0. The van der Waals surface area contributed by atoms with E-state index in [0.29, 0.717) is 11.1 Å². The molecule has 17 heavy (non-hydrogen) atoms. The molecule has 0 saturated carbocycles. The fourth-order valence-corrected chi connectivity index (χ4v) is 1.32. The molecule has 0 aromatic carbocycles. The van der Waals surface area contributed by atoms with Gasteiger partial charge in [-0.3, -0.25) is 14.8 Å². The van der Waals surface area contributed by atoms with E-state index in [0.717, 1.165) is 0 Å². The van der Waals surface area contributed by atoms with Gasteiger partial charge >= 0.3 is 0 Å².